The molecular weight excluding hydrogens is 391 g/mol. The van der Waals surface area contributed by atoms with Gasteiger partial charge in [-0.1, -0.05) is 0 Å². The number of guanidine groups is 1. The Bertz CT molecular complexity index is 1100. The van der Waals surface area contributed by atoms with Gasteiger partial charge in [0.1, 0.15) is 12.4 Å². The van der Waals surface area contributed by atoms with Crippen LogP contribution in [0.1, 0.15) is 16.8 Å². The molecule has 0 aliphatic carbocycles. The number of hydrogen-bond acceptors (Lipinski definition) is 6. The van der Waals surface area contributed by atoms with Crippen LogP contribution in [-0.4, -0.2) is 35.9 Å². The summed E-state index contributed by atoms with van der Waals surface area (Å²) in [5, 5.41) is 3.99. The molecule has 1 aliphatic heterocycles. The summed E-state index contributed by atoms with van der Waals surface area (Å²) >= 11 is 1.57. The van der Waals surface area contributed by atoms with Crippen molar-refractivity contribution in [2.24, 2.45) is 10.7 Å². The van der Waals surface area contributed by atoms with Gasteiger partial charge in [0.2, 0.25) is 0 Å². The van der Waals surface area contributed by atoms with Crippen LogP contribution in [0.3, 0.4) is 0 Å². The predicted octanol–water partition coefficient (Wildman–Crippen LogP) is 3.32. The number of nitrogens with two attached hydrogens (primary N) is 1. The Morgan fingerprint density at radius 2 is 2.03 bits per heavy atom. The number of benzene rings is 1. The van der Waals surface area contributed by atoms with Crippen molar-refractivity contribution in [1.29, 1.82) is 0 Å². The fraction of sp³-hybridized carbons (Fsp3) is 0.190. The molecule has 1 atom stereocenters. The Morgan fingerprint density at radius 3 is 2.66 bits per heavy atom. The highest BCUT2D eigenvalue weighted by atomic mass is 32.1. The molecule has 1 aromatic carbocycles. The van der Waals surface area contributed by atoms with Gasteiger partial charge in [-0.25, -0.2) is 9.38 Å². The first kappa shape index (κ1) is 19.1. The van der Waals surface area contributed by atoms with Gasteiger partial charge < -0.3 is 10.5 Å². The average molecular weight is 410 g/mol. The second-order valence-electron chi connectivity index (χ2n) is 6.68. The number of pyridine rings is 1. The Kier molecular flexibility index (Phi) is 4.79. The number of methoxy groups -OCH3 is 1. The predicted molar refractivity (Wildman–Crippen MR) is 111 cm³/mol. The van der Waals surface area contributed by atoms with Crippen molar-refractivity contribution >= 4 is 23.2 Å². The first-order valence-electron chi connectivity index (χ1n) is 8.86. The third kappa shape index (κ3) is 3.05. The van der Waals surface area contributed by atoms with Crippen LogP contribution in [0.4, 0.5) is 4.39 Å². The van der Waals surface area contributed by atoms with Crippen LogP contribution < -0.4 is 10.5 Å². The molecule has 29 heavy (non-hydrogen) atoms. The van der Waals surface area contributed by atoms with Gasteiger partial charge >= 0.3 is 0 Å². The van der Waals surface area contributed by atoms with Crippen molar-refractivity contribution in [3.05, 3.63) is 70.2 Å². The van der Waals surface area contributed by atoms with Crippen LogP contribution >= 0.6 is 11.3 Å². The van der Waals surface area contributed by atoms with Gasteiger partial charge in [-0.05, 0) is 69.4 Å². The number of ether oxygens (including phenoxy) is 1. The quantitative estimate of drug-likeness (QED) is 0.700. The van der Waals surface area contributed by atoms with E-state index in [9.17, 15) is 9.18 Å². The molecule has 3 aromatic rings. The van der Waals surface area contributed by atoms with E-state index in [0.717, 1.165) is 11.1 Å². The summed E-state index contributed by atoms with van der Waals surface area (Å²) in [5.74, 6) is 0.350. The van der Waals surface area contributed by atoms with E-state index in [1.165, 1.54) is 11.1 Å². The van der Waals surface area contributed by atoms with Crippen molar-refractivity contribution in [3.8, 4) is 16.9 Å². The zero-order valence-corrected chi connectivity index (χ0v) is 16.7. The molecule has 0 saturated heterocycles. The van der Waals surface area contributed by atoms with Gasteiger partial charge in [-0.3, -0.25) is 14.7 Å². The second kappa shape index (κ2) is 7.29. The molecule has 0 fully saturated rings. The Balaban J connectivity index is 2.01. The Hall–Kier alpha value is -3.26. The monoisotopic (exact) mass is 410 g/mol. The topological polar surface area (TPSA) is 80.8 Å². The number of nitrogens with zero attached hydrogens (tertiary/aromatic N) is 3. The molecule has 4 rings (SSSR count). The van der Waals surface area contributed by atoms with Crippen LogP contribution in [0.25, 0.3) is 11.1 Å². The highest BCUT2D eigenvalue weighted by molar-refractivity contribution is 7.08. The number of aromatic nitrogens is 1. The first-order chi connectivity index (χ1) is 14.0. The van der Waals surface area contributed by atoms with Crippen molar-refractivity contribution in [1.82, 2.24) is 9.88 Å². The molecule has 0 bridgehead atoms. The fourth-order valence-corrected chi connectivity index (χ4v) is 4.15. The molecular formula is C21H19FN4O2S. The summed E-state index contributed by atoms with van der Waals surface area (Å²) in [5.41, 5.74) is 7.79. The molecule has 1 amide bonds. The molecule has 3 heterocycles. The van der Waals surface area contributed by atoms with Crippen LogP contribution in [0.5, 0.6) is 5.75 Å². The van der Waals surface area contributed by atoms with Gasteiger partial charge in [0, 0.05) is 13.2 Å². The van der Waals surface area contributed by atoms with Gasteiger partial charge in [0.25, 0.3) is 5.91 Å². The summed E-state index contributed by atoms with van der Waals surface area (Å²) in [6.07, 6.45) is 1.48. The number of aliphatic imine (C=N–C) groups is 1. The minimum absolute atomic E-state index is 0.0912. The van der Waals surface area contributed by atoms with Crippen LogP contribution in [0, 0.1) is 0 Å². The van der Waals surface area contributed by atoms with E-state index < -0.39 is 12.2 Å². The zero-order chi connectivity index (χ0) is 20.6. The third-order valence-corrected chi connectivity index (χ3v) is 5.71. The maximum atomic E-state index is 13.4. The first-order valence-corrected chi connectivity index (χ1v) is 9.81. The number of likely N-dealkylation sites (N-methyl/N-ethyl adjacent to an activating group) is 1. The summed E-state index contributed by atoms with van der Waals surface area (Å²) in [6, 6.07) is 10.8. The lowest BCUT2D eigenvalue weighted by Crippen LogP contribution is -2.41. The lowest BCUT2D eigenvalue weighted by Gasteiger charge is -2.27. The number of carbonyl (C=O) groups excluding carboxylic acids is 1. The van der Waals surface area contributed by atoms with Gasteiger partial charge in [-0.2, -0.15) is 11.3 Å². The number of halogens is 1. The zero-order valence-electron chi connectivity index (χ0n) is 15.9. The smallest absolute Gasteiger partial charge is 0.266 e. The minimum atomic E-state index is -1.44. The van der Waals surface area contributed by atoms with Crippen molar-refractivity contribution < 1.29 is 13.9 Å². The number of hydrogen-bond donors (Lipinski definition) is 1. The molecule has 6 nitrogen and oxygen atoms in total. The molecule has 0 saturated carbocycles. The highest BCUT2D eigenvalue weighted by Gasteiger charge is 2.50. The minimum Gasteiger partial charge on any atom is -0.497 e. The van der Waals surface area contributed by atoms with Crippen LogP contribution in [-0.2, 0) is 17.0 Å². The summed E-state index contributed by atoms with van der Waals surface area (Å²) in [7, 11) is 3.14. The highest BCUT2D eigenvalue weighted by Crippen LogP contribution is 2.42. The Labute approximate surface area is 171 Å². The third-order valence-electron chi connectivity index (χ3n) is 5.03. The Morgan fingerprint density at radius 1 is 1.21 bits per heavy atom. The van der Waals surface area contributed by atoms with Crippen LogP contribution in [0.2, 0.25) is 0 Å². The molecule has 1 aliphatic rings. The van der Waals surface area contributed by atoms with Crippen LogP contribution in [0.15, 0.2) is 58.3 Å². The van der Waals surface area contributed by atoms with Crippen molar-refractivity contribution in [2.45, 2.75) is 12.2 Å². The van der Waals surface area contributed by atoms with E-state index in [4.69, 9.17) is 10.5 Å². The van der Waals surface area contributed by atoms with E-state index in [1.807, 2.05) is 29.0 Å². The summed E-state index contributed by atoms with van der Waals surface area (Å²) in [6.45, 7) is -0.745. The van der Waals surface area contributed by atoms with E-state index >= 15 is 0 Å². The molecule has 148 valence electrons. The normalized spacial score (nSPS) is 18.8. The van der Waals surface area contributed by atoms with Gasteiger partial charge in [0.05, 0.1) is 12.8 Å². The average Bonchev–Trinajstić information content (AvgIpc) is 3.37. The number of amides is 1. The SMILES string of the molecule is COc1cc(-c2ccsc2)cc(C2(c3ccnc(CF)c3)N=C(N)N(C)C2=O)c1. The van der Waals surface area contributed by atoms with Crippen molar-refractivity contribution in [2.75, 3.05) is 14.2 Å². The maximum absolute atomic E-state index is 13.4. The maximum Gasteiger partial charge on any atom is 0.266 e. The fourth-order valence-electron chi connectivity index (χ4n) is 3.48. The van der Waals surface area contributed by atoms with Crippen molar-refractivity contribution in [3.63, 3.8) is 0 Å². The van der Waals surface area contributed by atoms with E-state index in [-0.39, 0.29) is 17.6 Å². The summed E-state index contributed by atoms with van der Waals surface area (Å²) < 4.78 is 18.8. The largest absolute Gasteiger partial charge is 0.497 e. The molecule has 2 N–H and O–H groups in total. The molecule has 8 heteroatoms. The molecule has 1 unspecified atom stereocenters. The standard InChI is InChI=1S/C21H19FN4O2S/c1-26-19(27)21(25-20(26)23,15-3-5-24-17(9-15)11-22)16-7-14(8-18(10-16)28-2)13-4-6-29-12-13/h3-10,12H,11H2,1-2H3,(H2,23,25). The van der Waals surface area contributed by atoms with E-state index in [0.29, 0.717) is 16.9 Å². The second-order valence-corrected chi connectivity index (χ2v) is 7.46. The lowest BCUT2D eigenvalue weighted by molar-refractivity contribution is -0.129. The number of carbonyl (C=O) groups is 1. The molecule has 0 radical (unpaired) electrons. The van der Waals surface area contributed by atoms with E-state index in [2.05, 4.69) is 9.98 Å². The lowest BCUT2D eigenvalue weighted by atomic mass is 9.81. The van der Waals surface area contributed by atoms with Gasteiger partial charge in [-0.15, -0.1) is 0 Å². The number of rotatable bonds is 5. The molecule has 2 aromatic heterocycles. The van der Waals surface area contributed by atoms with E-state index in [1.54, 1.807) is 43.7 Å². The molecule has 0 spiro atoms. The number of thiophene rings is 1. The van der Waals surface area contributed by atoms with Gasteiger partial charge in [0.15, 0.2) is 11.5 Å². The number of alkyl halides is 1. The summed E-state index contributed by atoms with van der Waals surface area (Å²) in [4.78, 5) is 23.3.